The van der Waals surface area contributed by atoms with E-state index in [1.165, 1.54) is 0 Å². The summed E-state index contributed by atoms with van der Waals surface area (Å²) in [7, 11) is 0. The van der Waals surface area contributed by atoms with Gasteiger partial charge in [0.05, 0.1) is 5.54 Å². The van der Waals surface area contributed by atoms with Gasteiger partial charge in [0.1, 0.15) is 0 Å². The molecular weight excluding hydrogens is 259 g/mol. The molecule has 0 radical (unpaired) electrons. The summed E-state index contributed by atoms with van der Waals surface area (Å²) < 4.78 is 0. The highest BCUT2D eigenvalue weighted by atomic mass is 35.5. The fraction of sp³-hybridized carbons (Fsp3) is 0.417. The molecule has 3 nitrogen and oxygen atoms in total. The first kappa shape index (κ1) is 14.3. The van der Waals surface area contributed by atoms with E-state index in [9.17, 15) is 4.79 Å². The molecule has 5 heteroatoms. The molecule has 0 aromatic heterocycles. The maximum Gasteiger partial charge on any atom is 0.237 e. The van der Waals surface area contributed by atoms with Gasteiger partial charge in [-0.2, -0.15) is 0 Å². The highest BCUT2D eigenvalue weighted by Crippen LogP contribution is 2.21. The van der Waals surface area contributed by atoms with Crippen LogP contribution in [0.15, 0.2) is 18.2 Å². The Morgan fingerprint density at radius 1 is 1.47 bits per heavy atom. The van der Waals surface area contributed by atoms with Crippen LogP contribution in [0.5, 0.6) is 0 Å². The van der Waals surface area contributed by atoms with Gasteiger partial charge in [0.2, 0.25) is 5.91 Å². The maximum absolute atomic E-state index is 11.3. The molecule has 1 unspecified atom stereocenters. The molecule has 0 heterocycles. The van der Waals surface area contributed by atoms with Crippen LogP contribution in [0, 0.1) is 0 Å². The number of amides is 1. The number of halogens is 2. The minimum Gasteiger partial charge on any atom is -0.368 e. The molecule has 1 amide bonds. The van der Waals surface area contributed by atoms with E-state index in [2.05, 4.69) is 5.32 Å². The summed E-state index contributed by atoms with van der Waals surface area (Å²) in [4.78, 5) is 11.3. The van der Waals surface area contributed by atoms with Crippen molar-refractivity contribution < 1.29 is 4.79 Å². The van der Waals surface area contributed by atoms with Crippen LogP contribution in [-0.2, 0) is 11.3 Å². The summed E-state index contributed by atoms with van der Waals surface area (Å²) in [5, 5.41) is 4.29. The van der Waals surface area contributed by atoms with Crippen LogP contribution in [-0.4, -0.2) is 11.4 Å². The lowest BCUT2D eigenvalue weighted by Crippen LogP contribution is -2.52. The average molecular weight is 275 g/mol. The Morgan fingerprint density at radius 2 is 2.12 bits per heavy atom. The molecule has 94 valence electrons. The van der Waals surface area contributed by atoms with Crippen molar-refractivity contribution >= 4 is 29.1 Å². The fourth-order valence-corrected chi connectivity index (χ4v) is 1.82. The summed E-state index contributed by atoms with van der Waals surface area (Å²) in [5.74, 6) is -0.370. The second kappa shape index (κ2) is 5.71. The van der Waals surface area contributed by atoms with Crippen molar-refractivity contribution in [3.05, 3.63) is 33.8 Å². The number of hydrogen-bond acceptors (Lipinski definition) is 2. The molecule has 3 N–H and O–H groups in total. The molecule has 0 aliphatic carbocycles. The van der Waals surface area contributed by atoms with Gasteiger partial charge in [-0.25, -0.2) is 0 Å². The van der Waals surface area contributed by atoms with Gasteiger partial charge in [-0.1, -0.05) is 36.2 Å². The molecule has 1 aromatic rings. The molecule has 1 atom stereocenters. The number of carbonyl (C=O) groups is 1. The zero-order chi connectivity index (χ0) is 13.1. The van der Waals surface area contributed by atoms with Crippen LogP contribution < -0.4 is 11.1 Å². The predicted octanol–water partition coefficient (Wildman–Crippen LogP) is 2.74. The van der Waals surface area contributed by atoms with Gasteiger partial charge in [0, 0.05) is 16.6 Å². The molecule has 17 heavy (non-hydrogen) atoms. The topological polar surface area (TPSA) is 55.1 Å². The number of nitrogens with one attached hydrogen (secondary N) is 1. The first-order chi connectivity index (χ1) is 7.89. The van der Waals surface area contributed by atoms with E-state index in [1.54, 1.807) is 19.1 Å². The Labute approximate surface area is 111 Å². The third-order valence-corrected chi connectivity index (χ3v) is 3.52. The Balaban J connectivity index is 2.76. The number of primary amides is 1. The van der Waals surface area contributed by atoms with Gasteiger partial charge < -0.3 is 5.73 Å². The summed E-state index contributed by atoms with van der Waals surface area (Å²) >= 11 is 11.8. The summed E-state index contributed by atoms with van der Waals surface area (Å²) in [6, 6.07) is 5.26. The SMILES string of the molecule is CCC(C)(NCc1ccc(Cl)cc1Cl)C(N)=O. The fourth-order valence-electron chi connectivity index (χ4n) is 1.34. The number of carbonyl (C=O) groups excluding carboxylic acids is 1. The quantitative estimate of drug-likeness (QED) is 0.868. The zero-order valence-corrected chi connectivity index (χ0v) is 11.4. The highest BCUT2D eigenvalue weighted by molar-refractivity contribution is 6.35. The predicted molar refractivity (Wildman–Crippen MR) is 71.2 cm³/mol. The van der Waals surface area contributed by atoms with Crippen molar-refractivity contribution in [1.82, 2.24) is 5.32 Å². The van der Waals surface area contributed by atoms with E-state index in [-0.39, 0.29) is 5.91 Å². The van der Waals surface area contributed by atoms with Crippen molar-refractivity contribution in [2.24, 2.45) is 5.73 Å². The normalized spacial score (nSPS) is 14.4. The number of benzene rings is 1. The Morgan fingerprint density at radius 3 is 2.59 bits per heavy atom. The molecule has 0 aliphatic heterocycles. The number of rotatable bonds is 5. The summed E-state index contributed by atoms with van der Waals surface area (Å²) in [5.41, 5.74) is 5.52. The number of hydrogen-bond donors (Lipinski definition) is 2. The molecule has 0 bridgehead atoms. The minimum absolute atomic E-state index is 0.370. The second-order valence-electron chi connectivity index (χ2n) is 4.14. The van der Waals surface area contributed by atoms with Crippen LogP contribution in [0.1, 0.15) is 25.8 Å². The molecule has 0 spiro atoms. The Kier molecular flexibility index (Phi) is 4.80. The van der Waals surface area contributed by atoms with Crippen LogP contribution in [0.4, 0.5) is 0 Å². The largest absolute Gasteiger partial charge is 0.368 e. The number of nitrogens with two attached hydrogens (primary N) is 1. The van der Waals surface area contributed by atoms with E-state index in [1.807, 2.05) is 13.0 Å². The van der Waals surface area contributed by atoms with Crippen LogP contribution >= 0.6 is 23.2 Å². The zero-order valence-electron chi connectivity index (χ0n) is 9.89. The lowest BCUT2D eigenvalue weighted by molar-refractivity contribution is -0.124. The van der Waals surface area contributed by atoms with Gasteiger partial charge in [0.15, 0.2) is 0 Å². The molecule has 0 saturated heterocycles. The monoisotopic (exact) mass is 274 g/mol. The smallest absolute Gasteiger partial charge is 0.237 e. The molecule has 0 saturated carbocycles. The van der Waals surface area contributed by atoms with E-state index >= 15 is 0 Å². The van der Waals surface area contributed by atoms with Gasteiger partial charge in [-0.15, -0.1) is 0 Å². The average Bonchev–Trinajstić information content (AvgIpc) is 2.27. The van der Waals surface area contributed by atoms with Crippen LogP contribution in [0.3, 0.4) is 0 Å². The van der Waals surface area contributed by atoms with Crippen molar-refractivity contribution in [1.29, 1.82) is 0 Å². The van der Waals surface area contributed by atoms with Gasteiger partial charge in [-0.3, -0.25) is 10.1 Å². The molecule has 0 fully saturated rings. The summed E-state index contributed by atoms with van der Waals surface area (Å²) in [6.07, 6.45) is 0.619. The molecule has 1 rings (SSSR count). The van der Waals surface area contributed by atoms with Crippen LogP contribution in [0.2, 0.25) is 10.0 Å². The third-order valence-electron chi connectivity index (χ3n) is 2.94. The highest BCUT2D eigenvalue weighted by Gasteiger charge is 2.28. The summed E-state index contributed by atoms with van der Waals surface area (Å²) in [6.45, 7) is 4.16. The minimum atomic E-state index is -0.719. The molecule has 0 aliphatic rings. The van der Waals surface area contributed by atoms with Crippen molar-refractivity contribution in [2.75, 3.05) is 0 Å². The van der Waals surface area contributed by atoms with E-state index < -0.39 is 5.54 Å². The molecule has 1 aromatic carbocycles. The van der Waals surface area contributed by atoms with Gasteiger partial charge >= 0.3 is 0 Å². The maximum atomic E-state index is 11.3. The van der Waals surface area contributed by atoms with Crippen molar-refractivity contribution in [3.8, 4) is 0 Å². The van der Waals surface area contributed by atoms with Crippen molar-refractivity contribution in [3.63, 3.8) is 0 Å². The lowest BCUT2D eigenvalue weighted by Gasteiger charge is -2.26. The Bertz CT molecular complexity index is 423. The van der Waals surface area contributed by atoms with Gasteiger partial charge in [0.25, 0.3) is 0 Å². The van der Waals surface area contributed by atoms with Gasteiger partial charge in [-0.05, 0) is 31.0 Å². The third kappa shape index (κ3) is 3.60. The second-order valence-corrected chi connectivity index (χ2v) is 4.98. The standard InChI is InChI=1S/C12H16Cl2N2O/c1-3-12(2,11(15)17)16-7-8-4-5-9(13)6-10(8)14/h4-6,16H,3,7H2,1-2H3,(H2,15,17). The first-order valence-electron chi connectivity index (χ1n) is 5.38. The molecular formula is C12H16Cl2N2O. The Hall–Kier alpha value is -0.770. The van der Waals surface area contributed by atoms with E-state index in [0.717, 1.165) is 5.56 Å². The van der Waals surface area contributed by atoms with E-state index in [4.69, 9.17) is 28.9 Å². The van der Waals surface area contributed by atoms with E-state index in [0.29, 0.717) is 23.0 Å². The van der Waals surface area contributed by atoms with Crippen LogP contribution in [0.25, 0.3) is 0 Å². The van der Waals surface area contributed by atoms with Crippen molar-refractivity contribution in [2.45, 2.75) is 32.4 Å². The first-order valence-corrected chi connectivity index (χ1v) is 6.13. The lowest BCUT2D eigenvalue weighted by atomic mass is 9.97.